The van der Waals surface area contributed by atoms with Gasteiger partial charge in [0.05, 0.1) is 0 Å². The van der Waals surface area contributed by atoms with E-state index in [1.807, 2.05) is 44.4 Å². The second-order valence-corrected chi connectivity index (χ2v) is 9.06. The van der Waals surface area contributed by atoms with Crippen LogP contribution in [0.5, 0.6) is 0 Å². The van der Waals surface area contributed by atoms with E-state index in [4.69, 9.17) is 0 Å². The summed E-state index contributed by atoms with van der Waals surface area (Å²) in [4.78, 5) is 19.9. The predicted octanol–water partition coefficient (Wildman–Crippen LogP) is 5.06. The molecule has 0 aliphatic carbocycles. The molecule has 1 heterocycles. The molecule has 1 fully saturated rings. The SMILES string of the molecule is CN(C)Cc1cccc(C(=O)C=Cc2cc(N3CCN(C)CC3)ccc2-c2ccccc2)c1. The standard InChI is InChI=1S/C29H33N3O/c1-30(2)22-23-8-7-11-26(20-23)29(33)15-12-25-21-27(32-18-16-31(3)17-19-32)13-14-28(25)24-9-5-4-6-10-24/h4-15,20-21H,16-19,22H2,1-3H3. The Kier molecular flexibility index (Phi) is 7.38. The van der Waals surface area contributed by atoms with E-state index in [9.17, 15) is 4.79 Å². The molecule has 0 aromatic heterocycles. The van der Waals surface area contributed by atoms with Crippen molar-refractivity contribution in [1.29, 1.82) is 0 Å². The molecule has 3 aromatic carbocycles. The topological polar surface area (TPSA) is 26.8 Å². The highest BCUT2D eigenvalue weighted by Gasteiger charge is 2.15. The Hall–Kier alpha value is -3.21. The van der Waals surface area contributed by atoms with Gasteiger partial charge in [-0.25, -0.2) is 0 Å². The molecule has 3 aromatic rings. The third-order valence-electron chi connectivity index (χ3n) is 6.11. The number of benzene rings is 3. The minimum Gasteiger partial charge on any atom is -0.369 e. The van der Waals surface area contributed by atoms with Crippen LogP contribution in [0.25, 0.3) is 17.2 Å². The molecule has 170 valence electrons. The van der Waals surface area contributed by atoms with Gasteiger partial charge >= 0.3 is 0 Å². The van der Waals surface area contributed by atoms with Crippen molar-refractivity contribution in [1.82, 2.24) is 9.80 Å². The summed E-state index contributed by atoms with van der Waals surface area (Å²) in [6.07, 6.45) is 3.69. The van der Waals surface area contributed by atoms with Gasteiger partial charge in [0.2, 0.25) is 0 Å². The Morgan fingerprint density at radius 3 is 2.39 bits per heavy atom. The molecule has 0 atom stereocenters. The Morgan fingerprint density at radius 2 is 1.67 bits per heavy atom. The summed E-state index contributed by atoms with van der Waals surface area (Å²) in [7, 11) is 6.24. The first-order valence-corrected chi connectivity index (χ1v) is 11.6. The fraction of sp³-hybridized carbons (Fsp3) is 0.276. The summed E-state index contributed by atoms with van der Waals surface area (Å²) in [5.74, 6) is 0.0274. The number of hydrogen-bond donors (Lipinski definition) is 0. The first-order chi connectivity index (χ1) is 16.0. The summed E-state index contributed by atoms with van der Waals surface area (Å²) >= 11 is 0. The van der Waals surface area contributed by atoms with Crippen molar-refractivity contribution in [2.75, 3.05) is 52.2 Å². The minimum atomic E-state index is 0.0274. The number of carbonyl (C=O) groups is 1. The number of rotatable bonds is 7. The molecular formula is C29H33N3O. The summed E-state index contributed by atoms with van der Waals surface area (Å²) in [5.41, 5.74) is 6.43. The van der Waals surface area contributed by atoms with Gasteiger partial charge in [-0.15, -0.1) is 0 Å². The number of piperazine rings is 1. The monoisotopic (exact) mass is 439 g/mol. The lowest BCUT2D eigenvalue weighted by molar-refractivity contribution is 0.104. The number of allylic oxidation sites excluding steroid dienone is 1. The van der Waals surface area contributed by atoms with E-state index in [1.54, 1.807) is 6.08 Å². The number of ketones is 1. The third kappa shape index (κ3) is 5.98. The van der Waals surface area contributed by atoms with E-state index in [1.165, 1.54) is 5.69 Å². The molecule has 4 rings (SSSR count). The smallest absolute Gasteiger partial charge is 0.185 e. The average Bonchev–Trinajstić information content (AvgIpc) is 2.83. The van der Waals surface area contributed by atoms with Gasteiger partial charge in [-0.1, -0.05) is 60.7 Å². The van der Waals surface area contributed by atoms with Gasteiger partial charge in [-0.3, -0.25) is 4.79 Å². The molecule has 1 aliphatic heterocycles. The predicted molar refractivity (Wildman–Crippen MR) is 139 cm³/mol. The van der Waals surface area contributed by atoms with Crippen LogP contribution < -0.4 is 4.90 Å². The molecule has 4 heteroatoms. The van der Waals surface area contributed by atoms with Crippen LogP contribution in [0.15, 0.2) is 78.9 Å². The van der Waals surface area contributed by atoms with Crippen LogP contribution in [0.1, 0.15) is 21.5 Å². The lowest BCUT2D eigenvalue weighted by Crippen LogP contribution is -2.44. The summed E-state index contributed by atoms with van der Waals surface area (Å²) in [5, 5.41) is 0. The molecule has 4 nitrogen and oxygen atoms in total. The summed E-state index contributed by atoms with van der Waals surface area (Å²) in [6, 6.07) is 24.9. The molecule has 0 spiro atoms. The van der Waals surface area contributed by atoms with Crippen molar-refractivity contribution in [3.8, 4) is 11.1 Å². The van der Waals surface area contributed by atoms with Crippen molar-refractivity contribution in [2.45, 2.75) is 6.54 Å². The fourth-order valence-corrected chi connectivity index (χ4v) is 4.28. The van der Waals surface area contributed by atoms with Crippen LogP contribution in [0.4, 0.5) is 5.69 Å². The van der Waals surface area contributed by atoms with Crippen LogP contribution in [0.2, 0.25) is 0 Å². The lowest BCUT2D eigenvalue weighted by atomic mass is 9.97. The largest absolute Gasteiger partial charge is 0.369 e. The molecule has 33 heavy (non-hydrogen) atoms. The number of anilines is 1. The molecule has 0 unspecified atom stereocenters. The number of likely N-dealkylation sites (N-methyl/N-ethyl adjacent to an activating group) is 1. The van der Waals surface area contributed by atoms with Gasteiger partial charge in [0.25, 0.3) is 0 Å². The Bertz CT molecular complexity index is 1110. The average molecular weight is 440 g/mol. The third-order valence-corrected chi connectivity index (χ3v) is 6.11. The highest BCUT2D eigenvalue weighted by Crippen LogP contribution is 2.29. The maximum absolute atomic E-state index is 13.0. The molecule has 1 aliphatic rings. The number of nitrogens with zero attached hydrogens (tertiary/aromatic N) is 3. The van der Waals surface area contributed by atoms with Gasteiger partial charge in [-0.05, 0) is 67.7 Å². The van der Waals surface area contributed by atoms with Gasteiger partial charge in [0.15, 0.2) is 5.78 Å². The zero-order valence-corrected chi connectivity index (χ0v) is 19.9. The maximum atomic E-state index is 13.0. The fourth-order valence-electron chi connectivity index (χ4n) is 4.28. The molecule has 0 amide bonds. The zero-order valence-electron chi connectivity index (χ0n) is 19.9. The summed E-state index contributed by atoms with van der Waals surface area (Å²) < 4.78 is 0. The number of hydrogen-bond acceptors (Lipinski definition) is 4. The van der Waals surface area contributed by atoms with Gasteiger partial charge in [-0.2, -0.15) is 0 Å². The van der Waals surface area contributed by atoms with Crippen molar-refractivity contribution in [2.24, 2.45) is 0 Å². The van der Waals surface area contributed by atoms with Crippen LogP contribution >= 0.6 is 0 Å². The van der Waals surface area contributed by atoms with E-state index in [-0.39, 0.29) is 5.78 Å². The molecule has 0 saturated carbocycles. The van der Waals surface area contributed by atoms with E-state index in [0.717, 1.165) is 60.5 Å². The zero-order chi connectivity index (χ0) is 23.2. The number of carbonyl (C=O) groups excluding carboxylic acids is 1. The van der Waals surface area contributed by atoms with E-state index >= 15 is 0 Å². The first-order valence-electron chi connectivity index (χ1n) is 11.6. The van der Waals surface area contributed by atoms with Crippen molar-refractivity contribution in [3.05, 3.63) is 95.6 Å². The second kappa shape index (κ2) is 10.6. The van der Waals surface area contributed by atoms with Crippen LogP contribution in [-0.2, 0) is 6.54 Å². The molecule has 0 radical (unpaired) electrons. The van der Waals surface area contributed by atoms with Crippen molar-refractivity contribution < 1.29 is 4.79 Å². The molecule has 0 bridgehead atoms. The van der Waals surface area contributed by atoms with Gasteiger partial charge < -0.3 is 14.7 Å². The molecule has 0 N–H and O–H groups in total. The van der Waals surface area contributed by atoms with Gasteiger partial charge in [0, 0.05) is 44.0 Å². The van der Waals surface area contributed by atoms with Crippen molar-refractivity contribution >= 4 is 17.5 Å². The molecular weight excluding hydrogens is 406 g/mol. The van der Waals surface area contributed by atoms with Gasteiger partial charge in [0.1, 0.15) is 0 Å². The van der Waals surface area contributed by atoms with Crippen LogP contribution in [0, 0.1) is 0 Å². The van der Waals surface area contributed by atoms with E-state index in [2.05, 4.69) is 70.3 Å². The molecule has 1 saturated heterocycles. The van der Waals surface area contributed by atoms with Crippen LogP contribution in [-0.4, -0.2) is 62.9 Å². The Morgan fingerprint density at radius 1 is 0.909 bits per heavy atom. The highest BCUT2D eigenvalue weighted by molar-refractivity contribution is 6.07. The van der Waals surface area contributed by atoms with Crippen LogP contribution in [0.3, 0.4) is 0 Å². The van der Waals surface area contributed by atoms with Crippen molar-refractivity contribution in [3.63, 3.8) is 0 Å². The first kappa shape index (κ1) is 23.0. The maximum Gasteiger partial charge on any atom is 0.185 e. The highest BCUT2D eigenvalue weighted by atomic mass is 16.1. The summed E-state index contributed by atoms with van der Waals surface area (Å²) in [6.45, 7) is 4.97. The quantitative estimate of drug-likeness (QED) is 0.380. The normalized spacial score (nSPS) is 14.8. The lowest BCUT2D eigenvalue weighted by Gasteiger charge is -2.34. The van der Waals surface area contributed by atoms with E-state index < -0.39 is 0 Å². The van der Waals surface area contributed by atoms with E-state index in [0.29, 0.717) is 0 Å². The second-order valence-electron chi connectivity index (χ2n) is 9.06. The minimum absolute atomic E-state index is 0.0274. The Labute approximate surface area is 197 Å². The Balaban J connectivity index is 1.63.